The van der Waals surface area contributed by atoms with Gasteiger partial charge in [0.1, 0.15) is 0 Å². The lowest BCUT2D eigenvalue weighted by atomic mass is 9.68. The van der Waals surface area contributed by atoms with Gasteiger partial charge in [-0.2, -0.15) is 0 Å². The molecular weight excluding hydrogens is 182 g/mol. The molecule has 0 aromatic rings. The van der Waals surface area contributed by atoms with Gasteiger partial charge in [-0.15, -0.1) is 0 Å². The van der Waals surface area contributed by atoms with Crippen LogP contribution in [0.1, 0.15) is 53.9 Å². The highest BCUT2D eigenvalue weighted by molar-refractivity contribution is 4.83. The molecule has 1 aliphatic carbocycles. The van der Waals surface area contributed by atoms with Crippen LogP contribution in [-0.4, -0.2) is 13.1 Å². The molecule has 0 aromatic heterocycles. The fraction of sp³-hybridized carbons (Fsp3) is 1.00. The fourth-order valence-corrected chi connectivity index (χ4v) is 2.86. The molecule has 0 amide bonds. The minimum Gasteiger partial charge on any atom is -0.316 e. The van der Waals surface area contributed by atoms with Gasteiger partial charge in [0.25, 0.3) is 0 Å². The van der Waals surface area contributed by atoms with E-state index in [0.29, 0.717) is 5.41 Å². The summed E-state index contributed by atoms with van der Waals surface area (Å²) < 4.78 is 0. The number of nitrogens with one attached hydrogen (secondary N) is 1. The summed E-state index contributed by atoms with van der Waals surface area (Å²) in [5, 5.41) is 3.61. The summed E-state index contributed by atoms with van der Waals surface area (Å²) in [6, 6.07) is 0. The Kier molecular flexibility index (Phi) is 4.64. The van der Waals surface area contributed by atoms with Crippen molar-refractivity contribution in [3.8, 4) is 0 Å². The third-order valence-corrected chi connectivity index (χ3v) is 3.83. The van der Waals surface area contributed by atoms with E-state index in [2.05, 4.69) is 39.9 Å². The van der Waals surface area contributed by atoms with E-state index >= 15 is 0 Å². The van der Waals surface area contributed by atoms with Crippen molar-refractivity contribution in [1.82, 2.24) is 5.32 Å². The van der Waals surface area contributed by atoms with E-state index in [9.17, 15) is 0 Å². The molecule has 1 saturated carbocycles. The molecule has 1 rings (SSSR count). The maximum atomic E-state index is 3.61. The molecule has 0 bridgehead atoms. The third-order valence-electron chi connectivity index (χ3n) is 3.83. The lowest BCUT2D eigenvalue weighted by Crippen LogP contribution is -2.35. The third kappa shape index (κ3) is 4.55. The second-order valence-electron chi connectivity index (χ2n) is 6.70. The molecule has 0 saturated heterocycles. The van der Waals surface area contributed by atoms with Crippen LogP contribution in [0.4, 0.5) is 0 Å². The maximum absolute atomic E-state index is 3.61. The van der Waals surface area contributed by atoms with Crippen LogP contribution < -0.4 is 5.32 Å². The van der Waals surface area contributed by atoms with Crippen LogP contribution in [0.2, 0.25) is 0 Å². The molecule has 2 unspecified atom stereocenters. The minimum atomic E-state index is 0.591. The molecule has 15 heavy (non-hydrogen) atoms. The number of hydrogen-bond donors (Lipinski definition) is 1. The first-order valence-electron chi connectivity index (χ1n) is 6.61. The summed E-state index contributed by atoms with van der Waals surface area (Å²) in [7, 11) is 0. The number of hydrogen-bond acceptors (Lipinski definition) is 1. The van der Waals surface area contributed by atoms with E-state index in [1.54, 1.807) is 0 Å². The predicted molar refractivity (Wildman–Crippen MR) is 68.0 cm³/mol. The highest BCUT2D eigenvalue weighted by Gasteiger charge is 2.31. The zero-order chi connectivity index (χ0) is 11.5. The summed E-state index contributed by atoms with van der Waals surface area (Å²) in [5.41, 5.74) is 0.591. The standard InChI is InChI=1S/C14H29N/c1-11(2)9-15-10-13-6-7-14(4,5)8-12(13)3/h11-13,15H,6-10H2,1-5H3. The lowest BCUT2D eigenvalue weighted by Gasteiger charge is -2.39. The fourth-order valence-electron chi connectivity index (χ4n) is 2.86. The Bertz CT molecular complexity index is 184. The summed E-state index contributed by atoms with van der Waals surface area (Å²) in [6.45, 7) is 14.2. The Labute approximate surface area is 96.0 Å². The van der Waals surface area contributed by atoms with Crippen molar-refractivity contribution in [2.45, 2.75) is 53.9 Å². The second-order valence-corrected chi connectivity index (χ2v) is 6.70. The van der Waals surface area contributed by atoms with Crippen molar-refractivity contribution in [3.05, 3.63) is 0 Å². The maximum Gasteiger partial charge on any atom is -0.00179 e. The zero-order valence-corrected chi connectivity index (χ0v) is 11.3. The summed E-state index contributed by atoms with van der Waals surface area (Å²) >= 11 is 0. The van der Waals surface area contributed by atoms with Crippen molar-refractivity contribution in [1.29, 1.82) is 0 Å². The van der Waals surface area contributed by atoms with Gasteiger partial charge in [-0.25, -0.2) is 0 Å². The van der Waals surface area contributed by atoms with Gasteiger partial charge in [0.15, 0.2) is 0 Å². The smallest absolute Gasteiger partial charge is 0.00179 e. The first kappa shape index (κ1) is 13.0. The van der Waals surface area contributed by atoms with Crippen molar-refractivity contribution in [3.63, 3.8) is 0 Å². The summed E-state index contributed by atoms with van der Waals surface area (Å²) in [4.78, 5) is 0. The Balaban J connectivity index is 2.26. The molecule has 90 valence electrons. The Hall–Kier alpha value is -0.0400. The molecule has 1 fully saturated rings. The zero-order valence-electron chi connectivity index (χ0n) is 11.3. The SMILES string of the molecule is CC(C)CNCC1CCC(C)(C)CC1C. The van der Waals surface area contributed by atoms with Gasteiger partial charge in [-0.1, -0.05) is 34.6 Å². The van der Waals surface area contributed by atoms with Gasteiger partial charge < -0.3 is 5.32 Å². The van der Waals surface area contributed by atoms with Gasteiger partial charge in [0.05, 0.1) is 0 Å². The molecular formula is C14H29N. The number of rotatable bonds is 4. The molecule has 2 atom stereocenters. The Morgan fingerprint density at radius 2 is 2.00 bits per heavy atom. The average molecular weight is 211 g/mol. The van der Waals surface area contributed by atoms with Gasteiger partial charge in [0, 0.05) is 0 Å². The first-order chi connectivity index (χ1) is 6.91. The van der Waals surface area contributed by atoms with E-state index in [1.165, 1.54) is 32.4 Å². The van der Waals surface area contributed by atoms with Gasteiger partial charge in [0.2, 0.25) is 0 Å². The van der Waals surface area contributed by atoms with E-state index in [1.807, 2.05) is 0 Å². The first-order valence-corrected chi connectivity index (χ1v) is 6.61. The lowest BCUT2D eigenvalue weighted by molar-refractivity contribution is 0.127. The van der Waals surface area contributed by atoms with Crippen molar-refractivity contribution in [2.24, 2.45) is 23.2 Å². The van der Waals surface area contributed by atoms with Crippen molar-refractivity contribution >= 4 is 0 Å². The van der Waals surface area contributed by atoms with Crippen LogP contribution in [0.15, 0.2) is 0 Å². The van der Waals surface area contributed by atoms with E-state index in [0.717, 1.165) is 17.8 Å². The van der Waals surface area contributed by atoms with E-state index < -0.39 is 0 Å². The highest BCUT2D eigenvalue weighted by Crippen LogP contribution is 2.41. The summed E-state index contributed by atoms with van der Waals surface area (Å²) in [6.07, 6.45) is 4.23. The molecule has 1 N–H and O–H groups in total. The Morgan fingerprint density at radius 3 is 2.53 bits per heavy atom. The molecule has 1 heteroatoms. The van der Waals surface area contributed by atoms with Crippen molar-refractivity contribution in [2.75, 3.05) is 13.1 Å². The van der Waals surface area contributed by atoms with Crippen LogP contribution in [0.5, 0.6) is 0 Å². The largest absolute Gasteiger partial charge is 0.316 e. The van der Waals surface area contributed by atoms with Crippen LogP contribution in [0.25, 0.3) is 0 Å². The van der Waals surface area contributed by atoms with Crippen molar-refractivity contribution < 1.29 is 0 Å². The minimum absolute atomic E-state index is 0.591. The topological polar surface area (TPSA) is 12.0 Å². The molecule has 0 radical (unpaired) electrons. The molecule has 0 spiro atoms. The van der Waals surface area contributed by atoms with Crippen LogP contribution in [-0.2, 0) is 0 Å². The van der Waals surface area contributed by atoms with Gasteiger partial charge >= 0.3 is 0 Å². The van der Waals surface area contributed by atoms with Crippen LogP contribution >= 0.6 is 0 Å². The normalized spacial score (nSPS) is 30.8. The van der Waals surface area contributed by atoms with E-state index in [-0.39, 0.29) is 0 Å². The monoisotopic (exact) mass is 211 g/mol. The predicted octanol–water partition coefficient (Wildman–Crippen LogP) is 3.69. The molecule has 0 aromatic carbocycles. The molecule has 1 aliphatic rings. The van der Waals surface area contributed by atoms with Crippen LogP contribution in [0.3, 0.4) is 0 Å². The highest BCUT2D eigenvalue weighted by atomic mass is 14.9. The van der Waals surface area contributed by atoms with E-state index in [4.69, 9.17) is 0 Å². The van der Waals surface area contributed by atoms with Gasteiger partial charge in [-0.3, -0.25) is 0 Å². The van der Waals surface area contributed by atoms with Gasteiger partial charge in [-0.05, 0) is 55.5 Å². The Morgan fingerprint density at radius 1 is 1.33 bits per heavy atom. The second kappa shape index (κ2) is 5.34. The summed E-state index contributed by atoms with van der Waals surface area (Å²) in [5.74, 6) is 2.59. The quantitative estimate of drug-likeness (QED) is 0.748. The molecule has 0 aliphatic heterocycles. The average Bonchev–Trinajstić information content (AvgIpc) is 2.07. The molecule has 1 nitrogen and oxygen atoms in total. The van der Waals surface area contributed by atoms with Crippen LogP contribution in [0, 0.1) is 23.2 Å². The molecule has 0 heterocycles.